The van der Waals surface area contributed by atoms with Crippen molar-refractivity contribution in [2.75, 3.05) is 32.6 Å². The zero-order valence-electron chi connectivity index (χ0n) is 22.7. The van der Waals surface area contributed by atoms with Gasteiger partial charge in [0.2, 0.25) is 5.75 Å². The van der Waals surface area contributed by atoms with E-state index in [-0.39, 0.29) is 40.7 Å². The van der Waals surface area contributed by atoms with Crippen molar-refractivity contribution in [3.05, 3.63) is 77.4 Å². The SMILES string of the molecule is C=Cc1c(CC(=O)OC)cc(OC)c(Oc2ccc(C(=O)NCC)cc2NS(=O)(=O)c2ccc(F)cc2F)c1OC. The maximum absolute atomic E-state index is 14.4. The normalized spacial score (nSPS) is 10.9. The van der Waals surface area contributed by atoms with Crippen molar-refractivity contribution >= 4 is 33.7 Å². The maximum Gasteiger partial charge on any atom is 0.310 e. The molecule has 13 heteroatoms. The molecule has 0 aliphatic heterocycles. The van der Waals surface area contributed by atoms with Crippen LogP contribution < -0.4 is 24.2 Å². The van der Waals surface area contributed by atoms with Gasteiger partial charge in [0.15, 0.2) is 17.2 Å². The standard InChI is InChI=1S/C28H28F2N2O8S/c1-6-19-17(14-25(33)38-4)13-23(37-3)27(26(19)39-5)40-22-10-8-16(28(34)31-7-2)12-21(22)32-41(35,36)24-11-9-18(29)15-20(24)30/h6,8-13,15,32H,1,7,14H2,2-5H3,(H,31,34). The van der Waals surface area contributed by atoms with Gasteiger partial charge < -0.3 is 24.3 Å². The summed E-state index contributed by atoms with van der Waals surface area (Å²) in [5, 5.41) is 2.60. The number of benzene rings is 3. The zero-order valence-corrected chi connectivity index (χ0v) is 23.5. The second kappa shape index (κ2) is 13.1. The predicted molar refractivity (Wildman–Crippen MR) is 147 cm³/mol. The number of amides is 1. The molecule has 0 aliphatic carbocycles. The molecule has 0 spiro atoms. The maximum atomic E-state index is 14.4. The highest BCUT2D eigenvalue weighted by Gasteiger charge is 2.26. The summed E-state index contributed by atoms with van der Waals surface area (Å²) >= 11 is 0. The molecule has 0 atom stereocenters. The number of ether oxygens (including phenoxy) is 4. The highest BCUT2D eigenvalue weighted by molar-refractivity contribution is 7.92. The monoisotopic (exact) mass is 590 g/mol. The molecule has 0 aromatic heterocycles. The summed E-state index contributed by atoms with van der Waals surface area (Å²) < 4.78 is 78.2. The fourth-order valence-corrected chi connectivity index (χ4v) is 4.96. The Bertz CT molecular complexity index is 1590. The van der Waals surface area contributed by atoms with Gasteiger partial charge in [-0.2, -0.15) is 0 Å². The lowest BCUT2D eigenvalue weighted by atomic mass is 10.0. The van der Waals surface area contributed by atoms with Crippen molar-refractivity contribution in [1.29, 1.82) is 0 Å². The molecule has 0 heterocycles. The van der Waals surface area contributed by atoms with E-state index in [1.54, 1.807) is 6.92 Å². The van der Waals surface area contributed by atoms with Gasteiger partial charge in [0.1, 0.15) is 16.5 Å². The number of methoxy groups -OCH3 is 3. The third-order valence-corrected chi connectivity index (χ3v) is 7.13. The minimum atomic E-state index is -4.63. The number of nitrogens with one attached hydrogen (secondary N) is 2. The number of anilines is 1. The average Bonchev–Trinajstić information content (AvgIpc) is 2.93. The molecular formula is C28H28F2N2O8S. The topological polar surface area (TPSA) is 129 Å². The molecule has 3 rings (SSSR count). The van der Waals surface area contributed by atoms with E-state index in [1.165, 1.54) is 51.7 Å². The highest BCUT2D eigenvalue weighted by Crippen LogP contribution is 2.46. The molecule has 0 radical (unpaired) electrons. The van der Waals surface area contributed by atoms with E-state index in [9.17, 15) is 26.8 Å². The molecule has 0 saturated heterocycles. The van der Waals surface area contributed by atoms with Crippen LogP contribution in [0, 0.1) is 11.6 Å². The largest absolute Gasteiger partial charge is 0.493 e. The molecular weight excluding hydrogens is 562 g/mol. The molecule has 1 amide bonds. The predicted octanol–water partition coefficient (Wildman–Crippen LogP) is 4.68. The van der Waals surface area contributed by atoms with Gasteiger partial charge in [-0.3, -0.25) is 14.3 Å². The number of carbonyl (C=O) groups excluding carboxylic acids is 2. The van der Waals surface area contributed by atoms with E-state index in [4.69, 9.17) is 18.9 Å². The van der Waals surface area contributed by atoms with E-state index in [1.807, 2.05) is 0 Å². The van der Waals surface area contributed by atoms with Crippen molar-refractivity contribution in [3.8, 4) is 23.0 Å². The summed E-state index contributed by atoms with van der Waals surface area (Å²) in [7, 11) is -0.702. The summed E-state index contributed by atoms with van der Waals surface area (Å²) in [6, 6.07) is 7.39. The van der Waals surface area contributed by atoms with Gasteiger partial charge in [-0.1, -0.05) is 12.7 Å². The van der Waals surface area contributed by atoms with E-state index in [2.05, 4.69) is 16.6 Å². The van der Waals surface area contributed by atoms with Crippen molar-refractivity contribution in [2.45, 2.75) is 18.2 Å². The van der Waals surface area contributed by atoms with Crippen molar-refractivity contribution in [1.82, 2.24) is 5.32 Å². The van der Waals surface area contributed by atoms with Crippen LogP contribution in [-0.2, 0) is 26.0 Å². The fourth-order valence-electron chi connectivity index (χ4n) is 3.84. The number of rotatable bonds is 12. The van der Waals surface area contributed by atoms with Gasteiger partial charge in [0, 0.05) is 23.7 Å². The summed E-state index contributed by atoms with van der Waals surface area (Å²) in [4.78, 5) is 23.7. The van der Waals surface area contributed by atoms with Crippen LogP contribution in [0.5, 0.6) is 23.0 Å². The molecule has 41 heavy (non-hydrogen) atoms. The summed E-state index contributed by atoms with van der Waals surface area (Å²) in [6.45, 7) is 5.78. The highest BCUT2D eigenvalue weighted by atomic mass is 32.2. The van der Waals surface area contributed by atoms with Crippen LogP contribution in [0.1, 0.15) is 28.4 Å². The molecule has 0 aliphatic rings. The Kier molecular flexibility index (Phi) is 9.90. The molecule has 0 unspecified atom stereocenters. The third-order valence-electron chi connectivity index (χ3n) is 5.74. The summed E-state index contributed by atoms with van der Waals surface area (Å²) in [6.07, 6.45) is 1.29. The molecule has 2 N–H and O–H groups in total. The Morgan fingerprint density at radius 3 is 2.29 bits per heavy atom. The molecule has 10 nitrogen and oxygen atoms in total. The Morgan fingerprint density at radius 1 is 0.976 bits per heavy atom. The van der Waals surface area contributed by atoms with Crippen LogP contribution in [0.15, 0.2) is 53.9 Å². The Labute approximate surface area is 235 Å². The van der Waals surface area contributed by atoms with Gasteiger partial charge in [0.25, 0.3) is 15.9 Å². The number of carbonyl (C=O) groups is 2. The molecule has 0 fully saturated rings. The van der Waals surface area contributed by atoms with Crippen LogP contribution >= 0.6 is 0 Å². The first-order valence-electron chi connectivity index (χ1n) is 12.0. The molecule has 3 aromatic rings. The average molecular weight is 591 g/mol. The van der Waals surface area contributed by atoms with E-state index in [0.29, 0.717) is 23.7 Å². The van der Waals surface area contributed by atoms with Crippen LogP contribution in [0.3, 0.4) is 0 Å². The lowest BCUT2D eigenvalue weighted by Crippen LogP contribution is -2.23. The van der Waals surface area contributed by atoms with E-state index in [0.717, 1.165) is 12.1 Å². The molecule has 3 aromatic carbocycles. The molecule has 218 valence electrons. The van der Waals surface area contributed by atoms with E-state index < -0.39 is 38.4 Å². The lowest BCUT2D eigenvalue weighted by molar-refractivity contribution is -0.139. The smallest absolute Gasteiger partial charge is 0.310 e. The zero-order chi connectivity index (χ0) is 30.3. The van der Waals surface area contributed by atoms with Crippen LogP contribution in [0.2, 0.25) is 0 Å². The second-order valence-corrected chi connectivity index (χ2v) is 9.97. The molecule has 0 bridgehead atoms. The number of sulfonamides is 1. The van der Waals surface area contributed by atoms with Crippen LogP contribution in [-0.4, -0.2) is 48.2 Å². The number of hydrogen-bond donors (Lipinski definition) is 2. The minimum absolute atomic E-state index is 0.0160. The Balaban J connectivity index is 2.19. The Hall–Kier alpha value is -4.65. The second-order valence-electron chi connectivity index (χ2n) is 8.32. The lowest BCUT2D eigenvalue weighted by Gasteiger charge is -2.21. The van der Waals surface area contributed by atoms with Gasteiger partial charge in [-0.15, -0.1) is 0 Å². The first kappa shape index (κ1) is 30.9. The fraction of sp³-hybridized carbons (Fsp3) is 0.214. The van der Waals surface area contributed by atoms with E-state index >= 15 is 0 Å². The molecule has 0 saturated carbocycles. The first-order chi connectivity index (χ1) is 19.5. The van der Waals surface area contributed by atoms with Crippen molar-refractivity contribution in [2.24, 2.45) is 0 Å². The van der Waals surface area contributed by atoms with Gasteiger partial charge in [0.05, 0.1) is 33.4 Å². The first-order valence-corrected chi connectivity index (χ1v) is 13.5. The summed E-state index contributed by atoms with van der Waals surface area (Å²) in [5.74, 6) is -3.26. The van der Waals surface area contributed by atoms with Crippen LogP contribution in [0.25, 0.3) is 6.08 Å². The quantitative estimate of drug-likeness (QED) is 0.291. The van der Waals surface area contributed by atoms with Gasteiger partial charge >= 0.3 is 5.97 Å². The third kappa shape index (κ3) is 6.92. The van der Waals surface area contributed by atoms with Gasteiger partial charge in [-0.05, 0) is 48.9 Å². The van der Waals surface area contributed by atoms with Gasteiger partial charge in [-0.25, -0.2) is 17.2 Å². The summed E-state index contributed by atoms with van der Waals surface area (Å²) in [5.41, 5.74) is 0.645. The number of esters is 1. The Morgan fingerprint density at radius 2 is 1.71 bits per heavy atom. The number of halogens is 2. The minimum Gasteiger partial charge on any atom is -0.493 e. The van der Waals surface area contributed by atoms with Crippen molar-refractivity contribution in [3.63, 3.8) is 0 Å². The van der Waals surface area contributed by atoms with Crippen molar-refractivity contribution < 1.29 is 45.7 Å². The van der Waals surface area contributed by atoms with Crippen LogP contribution in [0.4, 0.5) is 14.5 Å². The number of hydrogen-bond acceptors (Lipinski definition) is 8.